The number of aliphatic hydroxyl groups excluding tert-OH is 1. The van der Waals surface area contributed by atoms with Gasteiger partial charge in [-0.15, -0.1) is 5.92 Å². The van der Waals surface area contributed by atoms with Gasteiger partial charge in [0.1, 0.15) is 5.76 Å². The smallest absolute Gasteiger partial charge is 0.129 e. The molecule has 0 aliphatic heterocycles. The van der Waals surface area contributed by atoms with Gasteiger partial charge in [0.2, 0.25) is 0 Å². The molecule has 0 atom stereocenters. The van der Waals surface area contributed by atoms with Crippen LogP contribution in [0.1, 0.15) is 41.5 Å². The normalized spacial score (nSPS) is 11.7. The summed E-state index contributed by atoms with van der Waals surface area (Å²) >= 11 is 0. The minimum absolute atomic E-state index is 0.293. The van der Waals surface area contributed by atoms with Crippen LogP contribution in [0.2, 0.25) is 0 Å². The Morgan fingerprint density at radius 1 is 1.23 bits per heavy atom. The Kier molecular flexibility index (Phi) is 9.87. The topological polar surface area (TPSA) is 20.2 Å². The summed E-state index contributed by atoms with van der Waals surface area (Å²) in [6, 6.07) is 0. The second-order valence-corrected chi connectivity index (χ2v) is 2.32. The van der Waals surface area contributed by atoms with Gasteiger partial charge in [0.15, 0.2) is 0 Å². The van der Waals surface area contributed by atoms with Gasteiger partial charge in [0.25, 0.3) is 0 Å². The molecule has 74 valence electrons. The van der Waals surface area contributed by atoms with Crippen molar-refractivity contribution in [3.05, 3.63) is 23.0 Å². The first kappa shape index (κ1) is 14.4. The maximum Gasteiger partial charge on any atom is 0.129 e. The fourth-order valence-corrected chi connectivity index (χ4v) is 0.679. The van der Waals surface area contributed by atoms with Crippen LogP contribution in [0.5, 0.6) is 0 Å². The lowest BCUT2D eigenvalue weighted by molar-refractivity contribution is 0.419. The summed E-state index contributed by atoms with van der Waals surface area (Å²) in [5, 5.41) is 9.43. The van der Waals surface area contributed by atoms with E-state index in [0.717, 1.165) is 11.1 Å². The first-order valence-corrected chi connectivity index (χ1v) is 4.59. The molecule has 0 aromatic heterocycles. The highest BCUT2D eigenvalue weighted by atomic mass is 16.3. The van der Waals surface area contributed by atoms with Crippen molar-refractivity contribution in [1.29, 1.82) is 0 Å². The van der Waals surface area contributed by atoms with Crippen LogP contribution in [0.3, 0.4) is 0 Å². The quantitative estimate of drug-likeness (QED) is 0.369. The number of allylic oxidation sites excluding steroid dienone is 3. The molecule has 0 rings (SSSR count). The summed E-state index contributed by atoms with van der Waals surface area (Å²) < 4.78 is 0. The number of hydrogen-bond acceptors (Lipinski definition) is 1. The van der Waals surface area contributed by atoms with E-state index in [4.69, 9.17) is 0 Å². The van der Waals surface area contributed by atoms with Gasteiger partial charge in [0.05, 0.1) is 0 Å². The average Bonchev–Trinajstić information content (AvgIpc) is 2.19. The molecule has 0 spiro atoms. The van der Waals surface area contributed by atoms with Crippen LogP contribution >= 0.6 is 0 Å². The molecular weight excluding hydrogens is 160 g/mol. The highest BCUT2D eigenvalue weighted by Crippen LogP contribution is 2.09. The standard InChI is InChI=1S/C10H14O.C2H6/c1-5-7-9(4)10(11)8(3)6-2;1-2/h6,11H,1-4H3;1-2H3/b8-6-,10-9+;. The van der Waals surface area contributed by atoms with Crippen molar-refractivity contribution in [2.75, 3.05) is 0 Å². The van der Waals surface area contributed by atoms with E-state index in [9.17, 15) is 5.11 Å². The van der Waals surface area contributed by atoms with Crippen molar-refractivity contribution in [3.8, 4) is 11.8 Å². The summed E-state index contributed by atoms with van der Waals surface area (Å²) in [4.78, 5) is 0. The predicted octanol–water partition coefficient (Wildman–Crippen LogP) is 3.83. The lowest BCUT2D eigenvalue weighted by Crippen LogP contribution is -1.86. The molecular formula is C12H20O. The van der Waals surface area contributed by atoms with Crippen molar-refractivity contribution in [1.82, 2.24) is 0 Å². The van der Waals surface area contributed by atoms with E-state index in [1.807, 2.05) is 33.8 Å². The van der Waals surface area contributed by atoms with Gasteiger partial charge in [-0.25, -0.2) is 0 Å². The Labute approximate surface area is 82.2 Å². The second kappa shape index (κ2) is 8.93. The zero-order valence-electron chi connectivity index (χ0n) is 9.52. The van der Waals surface area contributed by atoms with Gasteiger partial charge in [-0.05, 0) is 33.3 Å². The van der Waals surface area contributed by atoms with Crippen LogP contribution in [0.15, 0.2) is 23.0 Å². The van der Waals surface area contributed by atoms with E-state index in [-0.39, 0.29) is 0 Å². The van der Waals surface area contributed by atoms with E-state index < -0.39 is 0 Å². The van der Waals surface area contributed by atoms with Crippen LogP contribution in [-0.2, 0) is 0 Å². The van der Waals surface area contributed by atoms with Gasteiger partial charge in [-0.3, -0.25) is 0 Å². The monoisotopic (exact) mass is 180 g/mol. The van der Waals surface area contributed by atoms with Crippen LogP contribution in [0, 0.1) is 11.8 Å². The molecule has 0 bridgehead atoms. The second-order valence-electron chi connectivity index (χ2n) is 2.32. The van der Waals surface area contributed by atoms with Crippen molar-refractivity contribution in [2.45, 2.75) is 41.5 Å². The number of hydrogen-bond donors (Lipinski definition) is 1. The zero-order valence-corrected chi connectivity index (χ0v) is 9.52. The summed E-state index contributed by atoms with van der Waals surface area (Å²) in [7, 11) is 0. The van der Waals surface area contributed by atoms with Gasteiger partial charge in [-0.1, -0.05) is 25.8 Å². The highest BCUT2D eigenvalue weighted by Gasteiger charge is 1.97. The average molecular weight is 180 g/mol. The fourth-order valence-electron chi connectivity index (χ4n) is 0.679. The van der Waals surface area contributed by atoms with Crippen molar-refractivity contribution < 1.29 is 5.11 Å². The Morgan fingerprint density at radius 3 is 2.00 bits per heavy atom. The molecule has 0 saturated heterocycles. The first-order valence-electron chi connectivity index (χ1n) is 4.59. The van der Waals surface area contributed by atoms with Crippen LogP contribution in [-0.4, -0.2) is 5.11 Å². The molecule has 0 saturated carbocycles. The molecule has 1 N–H and O–H groups in total. The Morgan fingerprint density at radius 2 is 1.69 bits per heavy atom. The fraction of sp³-hybridized carbons (Fsp3) is 0.500. The molecule has 0 amide bonds. The summed E-state index contributed by atoms with van der Waals surface area (Å²) in [6.07, 6.45) is 1.86. The third-order valence-corrected chi connectivity index (χ3v) is 1.47. The molecule has 0 aromatic carbocycles. The Balaban J connectivity index is 0. The first-order chi connectivity index (χ1) is 6.13. The van der Waals surface area contributed by atoms with Crippen LogP contribution in [0.4, 0.5) is 0 Å². The lowest BCUT2D eigenvalue weighted by Gasteiger charge is -1.99. The molecule has 0 aliphatic carbocycles. The predicted molar refractivity (Wildman–Crippen MR) is 59.6 cm³/mol. The van der Waals surface area contributed by atoms with Gasteiger partial charge < -0.3 is 5.11 Å². The third-order valence-electron chi connectivity index (χ3n) is 1.47. The molecule has 0 heterocycles. The molecule has 0 fully saturated rings. The molecule has 0 aromatic rings. The van der Waals surface area contributed by atoms with E-state index in [0.29, 0.717) is 5.76 Å². The van der Waals surface area contributed by atoms with E-state index in [1.165, 1.54) is 0 Å². The zero-order chi connectivity index (χ0) is 10.9. The minimum Gasteiger partial charge on any atom is -0.507 e. The largest absolute Gasteiger partial charge is 0.507 e. The van der Waals surface area contributed by atoms with Crippen molar-refractivity contribution in [2.24, 2.45) is 0 Å². The van der Waals surface area contributed by atoms with Crippen molar-refractivity contribution in [3.63, 3.8) is 0 Å². The molecule has 13 heavy (non-hydrogen) atoms. The summed E-state index contributed by atoms with van der Waals surface area (Å²) in [5.74, 6) is 5.82. The SMILES string of the molecule is CC.CC#C/C(C)=C(O)\C(C)=C/C. The molecule has 0 unspecified atom stereocenters. The highest BCUT2D eigenvalue weighted by molar-refractivity contribution is 5.37. The number of rotatable bonds is 1. The van der Waals surface area contributed by atoms with Gasteiger partial charge in [0, 0.05) is 5.57 Å². The molecule has 1 nitrogen and oxygen atoms in total. The van der Waals surface area contributed by atoms with Crippen molar-refractivity contribution >= 4 is 0 Å². The summed E-state index contributed by atoms with van der Waals surface area (Å²) in [6.45, 7) is 11.3. The van der Waals surface area contributed by atoms with Gasteiger partial charge >= 0.3 is 0 Å². The van der Waals surface area contributed by atoms with Crippen LogP contribution in [0.25, 0.3) is 0 Å². The van der Waals surface area contributed by atoms with Crippen LogP contribution < -0.4 is 0 Å². The maximum atomic E-state index is 9.43. The van der Waals surface area contributed by atoms with E-state index >= 15 is 0 Å². The Bertz CT molecular complexity index is 246. The minimum atomic E-state index is 0.293. The third kappa shape index (κ3) is 6.04. The Hall–Kier alpha value is -1.16. The van der Waals surface area contributed by atoms with E-state index in [1.54, 1.807) is 13.8 Å². The molecule has 1 heteroatoms. The van der Waals surface area contributed by atoms with E-state index in [2.05, 4.69) is 11.8 Å². The molecule has 0 radical (unpaired) electrons. The summed E-state index contributed by atoms with van der Waals surface area (Å²) in [5.41, 5.74) is 1.59. The molecule has 0 aliphatic rings. The lowest BCUT2D eigenvalue weighted by atomic mass is 10.1. The maximum absolute atomic E-state index is 9.43. The number of aliphatic hydroxyl groups is 1. The van der Waals surface area contributed by atoms with Gasteiger partial charge in [-0.2, -0.15) is 0 Å².